The molecular formula is C17H17N5O2S. The van der Waals surface area contributed by atoms with Gasteiger partial charge in [0.15, 0.2) is 5.82 Å². The second-order valence-corrected chi connectivity index (χ2v) is 6.79. The van der Waals surface area contributed by atoms with Crippen LogP contribution in [-0.2, 0) is 6.42 Å². The van der Waals surface area contributed by atoms with E-state index in [1.54, 1.807) is 23.3 Å². The highest BCUT2D eigenvalue weighted by atomic mass is 32.1. The molecule has 3 aromatic rings. The van der Waals surface area contributed by atoms with Crippen molar-refractivity contribution in [3.63, 3.8) is 0 Å². The van der Waals surface area contributed by atoms with Crippen molar-refractivity contribution in [2.75, 3.05) is 13.1 Å². The van der Waals surface area contributed by atoms with E-state index in [-0.39, 0.29) is 5.91 Å². The minimum Gasteiger partial charge on any atom is -0.337 e. The van der Waals surface area contributed by atoms with Crippen LogP contribution in [0.4, 0.5) is 0 Å². The number of rotatable bonds is 5. The summed E-state index contributed by atoms with van der Waals surface area (Å²) in [7, 11) is 0. The van der Waals surface area contributed by atoms with Gasteiger partial charge in [-0.05, 0) is 30.9 Å². The van der Waals surface area contributed by atoms with E-state index in [0.717, 1.165) is 37.9 Å². The normalized spacial score (nSPS) is 17.1. The third-order valence-corrected chi connectivity index (χ3v) is 4.96. The molecule has 0 N–H and O–H groups in total. The van der Waals surface area contributed by atoms with Crippen LogP contribution in [0.1, 0.15) is 29.2 Å². The van der Waals surface area contributed by atoms with Crippen molar-refractivity contribution in [1.29, 1.82) is 0 Å². The minimum atomic E-state index is 0.0298. The lowest BCUT2D eigenvalue weighted by Gasteiger charge is -2.14. The van der Waals surface area contributed by atoms with E-state index >= 15 is 0 Å². The Morgan fingerprint density at radius 3 is 3.20 bits per heavy atom. The fraction of sp³-hybridized carbons (Fsp3) is 0.353. The lowest BCUT2D eigenvalue weighted by Crippen LogP contribution is -2.28. The van der Waals surface area contributed by atoms with Gasteiger partial charge in [0.1, 0.15) is 5.69 Å². The van der Waals surface area contributed by atoms with Crippen LogP contribution in [0.15, 0.2) is 39.9 Å². The molecule has 4 heterocycles. The zero-order valence-electron chi connectivity index (χ0n) is 13.5. The van der Waals surface area contributed by atoms with Crippen molar-refractivity contribution in [2.45, 2.75) is 19.3 Å². The van der Waals surface area contributed by atoms with Gasteiger partial charge in [-0.15, -0.1) is 11.3 Å². The highest BCUT2D eigenvalue weighted by molar-refractivity contribution is 7.07. The molecule has 128 valence electrons. The van der Waals surface area contributed by atoms with Crippen molar-refractivity contribution in [3.8, 4) is 11.5 Å². The van der Waals surface area contributed by atoms with Crippen LogP contribution >= 0.6 is 11.3 Å². The number of hydrogen-bond donors (Lipinski definition) is 0. The number of thiazole rings is 1. The Balaban J connectivity index is 1.31. The molecular weight excluding hydrogens is 338 g/mol. The molecule has 1 unspecified atom stereocenters. The number of aryl methyl sites for hydroxylation is 1. The molecule has 1 aliphatic heterocycles. The van der Waals surface area contributed by atoms with Crippen molar-refractivity contribution < 1.29 is 9.32 Å². The molecule has 0 spiro atoms. The topological polar surface area (TPSA) is 85.0 Å². The average molecular weight is 355 g/mol. The Bertz CT molecular complexity index is 834. The van der Waals surface area contributed by atoms with E-state index < -0.39 is 0 Å². The highest BCUT2D eigenvalue weighted by Crippen LogP contribution is 2.23. The van der Waals surface area contributed by atoms with E-state index in [1.807, 2.05) is 17.0 Å². The Morgan fingerprint density at radius 2 is 2.40 bits per heavy atom. The van der Waals surface area contributed by atoms with Crippen LogP contribution in [-0.4, -0.2) is 44.0 Å². The van der Waals surface area contributed by atoms with Crippen molar-refractivity contribution >= 4 is 17.2 Å². The fourth-order valence-corrected chi connectivity index (χ4v) is 3.55. The first-order chi connectivity index (χ1) is 12.3. The van der Waals surface area contributed by atoms with Gasteiger partial charge in [0, 0.05) is 37.3 Å². The summed E-state index contributed by atoms with van der Waals surface area (Å²) >= 11 is 1.45. The Morgan fingerprint density at radius 1 is 1.44 bits per heavy atom. The maximum absolute atomic E-state index is 12.3. The van der Waals surface area contributed by atoms with Gasteiger partial charge in [0.05, 0.1) is 11.1 Å². The third-order valence-electron chi connectivity index (χ3n) is 4.38. The summed E-state index contributed by atoms with van der Waals surface area (Å²) < 4.78 is 5.30. The molecule has 4 rings (SSSR count). The van der Waals surface area contributed by atoms with Crippen LogP contribution in [0.2, 0.25) is 0 Å². The predicted molar refractivity (Wildman–Crippen MR) is 92.0 cm³/mol. The molecule has 0 radical (unpaired) electrons. The predicted octanol–water partition coefficient (Wildman–Crippen LogP) is 2.68. The quantitative estimate of drug-likeness (QED) is 0.699. The number of carbonyl (C=O) groups is 1. The number of likely N-dealkylation sites (tertiary alicyclic amines) is 1. The van der Waals surface area contributed by atoms with Crippen molar-refractivity contribution in [2.24, 2.45) is 5.92 Å². The molecule has 25 heavy (non-hydrogen) atoms. The van der Waals surface area contributed by atoms with Gasteiger partial charge < -0.3 is 9.42 Å². The molecule has 1 amide bonds. The molecule has 0 aliphatic carbocycles. The van der Waals surface area contributed by atoms with Crippen LogP contribution in [0.3, 0.4) is 0 Å². The monoisotopic (exact) mass is 355 g/mol. The van der Waals surface area contributed by atoms with Crippen molar-refractivity contribution in [1.82, 2.24) is 25.0 Å². The van der Waals surface area contributed by atoms with Gasteiger partial charge in [-0.1, -0.05) is 5.16 Å². The molecule has 8 heteroatoms. The van der Waals surface area contributed by atoms with Gasteiger partial charge in [-0.2, -0.15) is 4.98 Å². The van der Waals surface area contributed by atoms with Crippen LogP contribution in [0.5, 0.6) is 0 Å². The first-order valence-electron chi connectivity index (χ1n) is 8.20. The minimum absolute atomic E-state index is 0.0298. The molecule has 1 aliphatic rings. The highest BCUT2D eigenvalue weighted by Gasteiger charge is 2.27. The summed E-state index contributed by atoms with van der Waals surface area (Å²) in [5.74, 6) is 1.68. The number of pyridine rings is 1. The van der Waals surface area contributed by atoms with E-state index in [1.165, 1.54) is 11.3 Å². The maximum atomic E-state index is 12.3. The SMILES string of the molecule is O=C(c1cscn1)N1CCC(CCc2noc(-c3cccnc3)n2)C1. The van der Waals surface area contributed by atoms with Crippen molar-refractivity contribution in [3.05, 3.63) is 46.9 Å². The maximum Gasteiger partial charge on any atom is 0.273 e. The van der Waals surface area contributed by atoms with Gasteiger partial charge in [0.2, 0.25) is 0 Å². The molecule has 1 fully saturated rings. The number of amides is 1. The standard InChI is InChI=1S/C17H17N5O2S/c23-17(14-10-25-11-19-14)22-7-5-12(9-22)3-4-15-20-16(24-21-15)13-2-1-6-18-8-13/h1-2,6,8,10-12H,3-5,7,9H2. The number of nitrogens with zero attached hydrogens (tertiary/aromatic N) is 5. The molecule has 0 aromatic carbocycles. The Hall–Kier alpha value is -2.61. The van der Waals surface area contributed by atoms with Gasteiger partial charge >= 0.3 is 0 Å². The summed E-state index contributed by atoms with van der Waals surface area (Å²) in [6, 6.07) is 3.73. The fourth-order valence-electron chi connectivity index (χ4n) is 3.03. The number of hydrogen-bond acceptors (Lipinski definition) is 7. The van der Waals surface area contributed by atoms with E-state index in [4.69, 9.17) is 4.52 Å². The smallest absolute Gasteiger partial charge is 0.273 e. The first kappa shape index (κ1) is 15.9. The van der Waals surface area contributed by atoms with Crippen LogP contribution < -0.4 is 0 Å². The van der Waals surface area contributed by atoms with E-state index in [2.05, 4.69) is 20.1 Å². The Kier molecular flexibility index (Phi) is 4.51. The summed E-state index contributed by atoms with van der Waals surface area (Å²) in [6.45, 7) is 1.55. The molecule has 1 saturated heterocycles. The molecule has 0 saturated carbocycles. The zero-order valence-corrected chi connectivity index (χ0v) is 14.4. The molecule has 1 atom stereocenters. The summed E-state index contributed by atoms with van der Waals surface area (Å²) in [5, 5.41) is 5.85. The summed E-state index contributed by atoms with van der Waals surface area (Å²) in [4.78, 5) is 26.8. The van der Waals surface area contributed by atoms with Crippen LogP contribution in [0.25, 0.3) is 11.5 Å². The van der Waals surface area contributed by atoms with Gasteiger partial charge in [-0.25, -0.2) is 4.98 Å². The zero-order chi connectivity index (χ0) is 17.1. The largest absolute Gasteiger partial charge is 0.337 e. The molecule has 0 bridgehead atoms. The van der Waals surface area contributed by atoms with E-state index in [0.29, 0.717) is 23.3 Å². The summed E-state index contributed by atoms with van der Waals surface area (Å²) in [6.07, 6.45) is 6.10. The lowest BCUT2D eigenvalue weighted by atomic mass is 10.0. The Labute approximate surface area is 148 Å². The summed E-state index contributed by atoms with van der Waals surface area (Å²) in [5.41, 5.74) is 3.06. The number of carbonyl (C=O) groups excluding carboxylic acids is 1. The molecule has 7 nitrogen and oxygen atoms in total. The average Bonchev–Trinajstić information content (AvgIpc) is 3.41. The van der Waals surface area contributed by atoms with Crippen LogP contribution in [0, 0.1) is 5.92 Å². The lowest BCUT2D eigenvalue weighted by molar-refractivity contribution is 0.0781. The molecule has 3 aromatic heterocycles. The van der Waals surface area contributed by atoms with E-state index in [9.17, 15) is 4.79 Å². The third kappa shape index (κ3) is 3.58. The van der Waals surface area contributed by atoms with Gasteiger partial charge in [0.25, 0.3) is 11.8 Å². The second-order valence-electron chi connectivity index (χ2n) is 6.08. The second kappa shape index (κ2) is 7.10. The first-order valence-corrected chi connectivity index (χ1v) is 9.14. The van der Waals surface area contributed by atoms with Gasteiger partial charge in [-0.3, -0.25) is 9.78 Å². The number of aromatic nitrogens is 4.